The van der Waals surface area contributed by atoms with E-state index in [0.717, 1.165) is 13.0 Å². The predicted molar refractivity (Wildman–Crippen MR) is 78.6 cm³/mol. The summed E-state index contributed by atoms with van der Waals surface area (Å²) in [6, 6.07) is 2.34. The van der Waals surface area contributed by atoms with E-state index in [4.69, 9.17) is 0 Å². The molecule has 1 N–H and O–H groups in total. The van der Waals surface area contributed by atoms with Crippen LogP contribution >= 0.6 is 0 Å². The predicted octanol–water partition coefficient (Wildman–Crippen LogP) is 2.74. The number of nitrogens with one attached hydrogen (secondary N) is 1. The van der Waals surface area contributed by atoms with Gasteiger partial charge in [-0.15, -0.1) is 0 Å². The molecule has 138 valence electrons. The summed E-state index contributed by atoms with van der Waals surface area (Å²) in [5, 5.41) is 2.32. The number of hydrogen-bond donors (Lipinski definition) is 1. The third-order valence-electron chi connectivity index (χ3n) is 4.02. The lowest BCUT2D eigenvalue weighted by Crippen LogP contribution is -2.49. The minimum absolute atomic E-state index is 0.0351. The summed E-state index contributed by atoms with van der Waals surface area (Å²) in [5.41, 5.74) is -0.0801. The van der Waals surface area contributed by atoms with Gasteiger partial charge in [0, 0.05) is 19.4 Å². The van der Waals surface area contributed by atoms with Gasteiger partial charge in [-0.1, -0.05) is 12.1 Å². The Hall–Kier alpha value is -2.19. The molecule has 0 saturated carbocycles. The van der Waals surface area contributed by atoms with E-state index in [-0.39, 0.29) is 18.4 Å². The van der Waals surface area contributed by atoms with Gasteiger partial charge < -0.3 is 10.2 Å². The lowest BCUT2D eigenvalue weighted by Gasteiger charge is -2.27. The van der Waals surface area contributed by atoms with Crippen molar-refractivity contribution in [3.8, 4) is 0 Å². The standard InChI is InChI=1S/C16H17F5N2O2/c1-9(24)22-13-6-5-10(11-3-2-4-12(17)14(11)18)7-23(15(13)25)8-16(19,20)21/h2-4,10,13H,5-8H2,1H3,(H,22,24)/t10?,13-/m1/s1. The topological polar surface area (TPSA) is 49.4 Å². The van der Waals surface area contributed by atoms with E-state index in [1.165, 1.54) is 12.1 Å². The number of carbonyl (C=O) groups excluding carboxylic acids is 2. The van der Waals surface area contributed by atoms with Crippen molar-refractivity contribution in [2.24, 2.45) is 0 Å². The Morgan fingerprint density at radius 1 is 1.28 bits per heavy atom. The van der Waals surface area contributed by atoms with Crippen LogP contribution in [0.2, 0.25) is 0 Å². The van der Waals surface area contributed by atoms with Crippen molar-refractivity contribution in [3.63, 3.8) is 0 Å². The zero-order valence-corrected chi connectivity index (χ0v) is 13.4. The number of likely N-dealkylation sites (tertiary alicyclic amines) is 1. The number of amides is 2. The molecule has 1 aliphatic heterocycles. The molecule has 0 aliphatic carbocycles. The summed E-state index contributed by atoms with van der Waals surface area (Å²) in [4.78, 5) is 24.1. The first-order chi connectivity index (χ1) is 11.6. The van der Waals surface area contributed by atoms with Gasteiger partial charge in [0.05, 0.1) is 0 Å². The highest BCUT2D eigenvalue weighted by atomic mass is 19.4. The summed E-state index contributed by atoms with van der Waals surface area (Å²) < 4.78 is 65.8. The largest absolute Gasteiger partial charge is 0.406 e. The second kappa shape index (κ2) is 7.37. The monoisotopic (exact) mass is 364 g/mol. The van der Waals surface area contributed by atoms with Crippen LogP contribution in [-0.4, -0.2) is 42.0 Å². The molecule has 1 fully saturated rings. The number of hydrogen-bond acceptors (Lipinski definition) is 2. The van der Waals surface area contributed by atoms with Gasteiger partial charge in [-0.3, -0.25) is 9.59 Å². The molecule has 4 nitrogen and oxygen atoms in total. The molecule has 1 aromatic rings. The smallest absolute Gasteiger partial charge is 0.345 e. The van der Waals surface area contributed by atoms with Gasteiger partial charge in [0.2, 0.25) is 11.8 Å². The van der Waals surface area contributed by atoms with Gasteiger partial charge in [-0.2, -0.15) is 13.2 Å². The highest BCUT2D eigenvalue weighted by Gasteiger charge is 2.39. The number of carbonyl (C=O) groups is 2. The molecule has 0 radical (unpaired) electrons. The quantitative estimate of drug-likeness (QED) is 0.839. The van der Waals surface area contributed by atoms with Crippen LogP contribution in [0.15, 0.2) is 18.2 Å². The zero-order chi connectivity index (χ0) is 18.8. The number of halogens is 5. The lowest BCUT2D eigenvalue weighted by atomic mass is 9.93. The maximum Gasteiger partial charge on any atom is 0.406 e. The molecule has 0 bridgehead atoms. The third kappa shape index (κ3) is 4.90. The summed E-state index contributed by atoms with van der Waals surface area (Å²) in [5.74, 6) is -4.48. The second-order valence-electron chi connectivity index (χ2n) is 6.00. The molecular weight excluding hydrogens is 347 g/mol. The van der Waals surface area contributed by atoms with Gasteiger partial charge in [-0.05, 0) is 24.5 Å². The molecule has 2 amide bonds. The number of rotatable bonds is 3. The van der Waals surface area contributed by atoms with Crippen LogP contribution in [0, 0.1) is 11.6 Å². The Bertz CT molecular complexity index is 662. The molecule has 0 aromatic heterocycles. The fraction of sp³-hybridized carbons (Fsp3) is 0.500. The fourth-order valence-electron chi connectivity index (χ4n) is 2.99. The van der Waals surface area contributed by atoms with Gasteiger partial charge >= 0.3 is 6.18 Å². The molecular formula is C16H17F5N2O2. The van der Waals surface area contributed by atoms with Crippen LogP contribution in [0.1, 0.15) is 31.2 Å². The maximum atomic E-state index is 14.0. The minimum atomic E-state index is -4.65. The molecule has 0 spiro atoms. The van der Waals surface area contributed by atoms with Crippen molar-refractivity contribution >= 4 is 11.8 Å². The van der Waals surface area contributed by atoms with Crippen LogP contribution < -0.4 is 5.32 Å². The van der Waals surface area contributed by atoms with Gasteiger partial charge in [-0.25, -0.2) is 8.78 Å². The first kappa shape index (κ1) is 19.1. The molecule has 1 aliphatic rings. The molecule has 9 heteroatoms. The van der Waals surface area contributed by atoms with E-state index < -0.39 is 54.7 Å². The minimum Gasteiger partial charge on any atom is -0.345 e. The Balaban J connectivity index is 2.33. The van der Waals surface area contributed by atoms with Gasteiger partial charge in [0.25, 0.3) is 0 Å². The van der Waals surface area contributed by atoms with Crippen molar-refractivity contribution in [3.05, 3.63) is 35.4 Å². The zero-order valence-electron chi connectivity index (χ0n) is 13.4. The van der Waals surface area contributed by atoms with Crippen molar-refractivity contribution in [1.29, 1.82) is 0 Å². The SMILES string of the molecule is CC(=O)N[C@@H]1CCC(c2cccc(F)c2F)CN(CC(F)(F)F)C1=O. The van der Waals surface area contributed by atoms with Crippen LogP contribution in [-0.2, 0) is 9.59 Å². The molecule has 1 saturated heterocycles. The lowest BCUT2D eigenvalue weighted by molar-refractivity contribution is -0.162. The van der Waals surface area contributed by atoms with Crippen molar-refractivity contribution in [2.45, 2.75) is 37.9 Å². The molecule has 1 heterocycles. The molecule has 2 rings (SSSR count). The van der Waals surface area contributed by atoms with Crippen molar-refractivity contribution < 1.29 is 31.5 Å². The van der Waals surface area contributed by atoms with E-state index in [1.807, 2.05) is 0 Å². The molecule has 25 heavy (non-hydrogen) atoms. The normalized spacial score (nSPS) is 21.8. The van der Waals surface area contributed by atoms with E-state index in [1.54, 1.807) is 0 Å². The van der Waals surface area contributed by atoms with E-state index >= 15 is 0 Å². The highest BCUT2D eigenvalue weighted by molar-refractivity contribution is 5.87. The van der Waals surface area contributed by atoms with E-state index in [0.29, 0.717) is 4.90 Å². The Morgan fingerprint density at radius 2 is 1.96 bits per heavy atom. The average Bonchev–Trinajstić information content (AvgIpc) is 2.62. The average molecular weight is 364 g/mol. The van der Waals surface area contributed by atoms with Crippen molar-refractivity contribution in [2.75, 3.05) is 13.1 Å². The third-order valence-corrected chi connectivity index (χ3v) is 4.02. The van der Waals surface area contributed by atoms with Crippen LogP contribution in [0.3, 0.4) is 0 Å². The number of nitrogens with zero attached hydrogens (tertiary/aromatic N) is 1. The fourth-order valence-corrected chi connectivity index (χ4v) is 2.99. The Kier molecular flexibility index (Phi) is 5.64. The van der Waals surface area contributed by atoms with Crippen molar-refractivity contribution in [1.82, 2.24) is 10.2 Å². The second-order valence-corrected chi connectivity index (χ2v) is 6.00. The Labute approximate surface area is 141 Å². The van der Waals surface area contributed by atoms with Gasteiger partial charge in [0.15, 0.2) is 11.6 Å². The van der Waals surface area contributed by atoms with Gasteiger partial charge in [0.1, 0.15) is 12.6 Å². The maximum absolute atomic E-state index is 14.0. The summed E-state index contributed by atoms with van der Waals surface area (Å²) in [6.07, 6.45) is -4.48. The van der Waals surface area contributed by atoms with Crippen LogP contribution in [0.4, 0.5) is 22.0 Å². The highest BCUT2D eigenvalue weighted by Crippen LogP contribution is 2.31. The number of alkyl halides is 3. The van der Waals surface area contributed by atoms with Crippen LogP contribution in [0.5, 0.6) is 0 Å². The summed E-state index contributed by atoms with van der Waals surface area (Å²) in [7, 11) is 0. The molecule has 2 atom stereocenters. The first-order valence-corrected chi connectivity index (χ1v) is 7.65. The van der Waals surface area contributed by atoms with E-state index in [2.05, 4.69) is 5.32 Å². The first-order valence-electron chi connectivity index (χ1n) is 7.65. The number of benzene rings is 1. The molecule has 1 unspecified atom stereocenters. The molecule has 1 aromatic carbocycles. The van der Waals surface area contributed by atoms with E-state index in [9.17, 15) is 31.5 Å². The summed E-state index contributed by atoms with van der Waals surface area (Å²) >= 11 is 0. The summed E-state index contributed by atoms with van der Waals surface area (Å²) in [6.45, 7) is -0.778. The van der Waals surface area contributed by atoms with Crippen LogP contribution in [0.25, 0.3) is 0 Å². The Morgan fingerprint density at radius 3 is 2.56 bits per heavy atom.